The van der Waals surface area contributed by atoms with Crippen LogP contribution in [-0.2, 0) is 33.4 Å². The van der Waals surface area contributed by atoms with Gasteiger partial charge in [0.1, 0.15) is 30.4 Å². The number of esters is 2. The molecule has 5 N–H and O–H groups in total. The molecule has 2 aliphatic heterocycles. The Hall–Kier alpha value is -2.32. The zero-order chi connectivity index (χ0) is 31.6. The van der Waals surface area contributed by atoms with Crippen molar-refractivity contribution in [1.29, 1.82) is 0 Å². The smallest absolute Gasteiger partial charge is 0.335 e. The first-order chi connectivity index (χ1) is 19.6. The number of carbonyl (C=O) groups is 4. The molecule has 1 saturated carbocycles. The van der Waals surface area contributed by atoms with Crippen LogP contribution >= 0.6 is 0 Å². The average Bonchev–Trinajstić information content (AvgIpc) is 3.31. The van der Waals surface area contributed by atoms with Crippen molar-refractivity contribution in [1.82, 2.24) is 10.2 Å². The number of hydrogen-bond donors (Lipinski definition) is 5. The van der Waals surface area contributed by atoms with Crippen LogP contribution in [0.2, 0.25) is 0 Å². The van der Waals surface area contributed by atoms with E-state index in [0.717, 1.165) is 11.3 Å². The van der Waals surface area contributed by atoms with Crippen LogP contribution in [0.25, 0.3) is 0 Å². The predicted molar refractivity (Wildman–Crippen MR) is 129 cm³/mol. The van der Waals surface area contributed by atoms with Crippen molar-refractivity contribution in [3.8, 4) is 0 Å². The normalized spacial score (nSPS) is 37.3. The molecule has 3 aliphatic rings. The molecule has 0 radical (unpaired) electrons. The number of hydrogen-bond acceptors (Lipinski definition) is 11. The molecule has 2 saturated heterocycles. The Morgan fingerprint density at radius 1 is 1.13 bits per heavy atom. The SMILES string of the molecule is [2H]C([2H])([2H])[C@]([2H])(N[C@@H](CCC)C(=O)OCC)C(=O)N1[C@H](C(=O)O[C@H]2O[C@@H](C(=O)O)[C@H](O)[C@@H](O)[C@@H]2O)C[C@@H]2CCCC[C@@H]21. The Bertz CT molecular complexity index is 1020. The number of likely N-dealkylation sites (tertiary alicyclic amines) is 1. The maximum absolute atomic E-state index is 14.1. The highest BCUT2D eigenvalue weighted by atomic mass is 16.7. The molecule has 0 aromatic carbocycles. The fourth-order valence-electron chi connectivity index (χ4n) is 5.45. The van der Waals surface area contributed by atoms with E-state index in [1.807, 2.05) is 0 Å². The molecule has 1 aliphatic carbocycles. The number of carboxylic acids is 1. The number of carbonyl (C=O) groups excluding carboxylic acids is 3. The second-order valence-electron chi connectivity index (χ2n) is 9.86. The summed E-state index contributed by atoms with van der Waals surface area (Å²) in [7, 11) is 0. The first-order valence-corrected chi connectivity index (χ1v) is 13.0. The summed E-state index contributed by atoms with van der Waals surface area (Å²) in [5.41, 5.74) is 0. The average molecular weight is 549 g/mol. The molecule has 0 unspecified atom stereocenters. The number of nitrogens with zero attached hydrogens (tertiary/aromatic N) is 1. The van der Waals surface area contributed by atoms with Crippen LogP contribution in [0.15, 0.2) is 0 Å². The van der Waals surface area contributed by atoms with Crippen molar-refractivity contribution in [2.75, 3.05) is 6.61 Å². The fraction of sp³-hybridized carbons (Fsp3) is 0.840. The Morgan fingerprint density at radius 2 is 1.84 bits per heavy atom. The van der Waals surface area contributed by atoms with Gasteiger partial charge in [0.15, 0.2) is 6.10 Å². The van der Waals surface area contributed by atoms with Crippen molar-refractivity contribution < 1.29 is 59.3 Å². The Morgan fingerprint density at radius 3 is 2.47 bits per heavy atom. The summed E-state index contributed by atoms with van der Waals surface area (Å²) in [6, 6.07) is -6.46. The molecule has 13 nitrogen and oxygen atoms in total. The first kappa shape index (κ1) is 24.7. The van der Waals surface area contributed by atoms with E-state index in [1.165, 1.54) is 0 Å². The summed E-state index contributed by atoms with van der Waals surface area (Å²) < 4.78 is 48.5. The summed E-state index contributed by atoms with van der Waals surface area (Å²) >= 11 is 0. The topological polar surface area (TPSA) is 192 Å². The van der Waals surface area contributed by atoms with Gasteiger partial charge >= 0.3 is 17.9 Å². The number of rotatable bonds is 10. The zero-order valence-corrected chi connectivity index (χ0v) is 21.4. The van der Waals surface area contributed by atoms with E-state index in [1.54, 1.807) is 13.8 Å². The molecule has 3 rings (SSSR count). The van der Waals surface area contributed by atoms with Crippen LogP contribution in [0.4, 0.5) is 0 Å². The van der Waals surface area contributed by atoms with Crippen LogP contribution in [-0.4, -0.2) is 111 Å². The van der Waals surface area contributed by atoms with E-state index < -0.39 is 85.5 Å². The summed E-state index contributed by atoms with van der Waals surface area (Å²) in [6.07, 6.45) is -7.24. The van der Waals surface area contributed by atoms with E-state index in [9.17, 15) is 39.6 Å². The number of nitrogens with one attached hydrogen (secondary N) is 1. The van der Waals surface area contributed by atoms with Gasteiger partial charge in [0.05, 0.1) is 14.0 Å². The van der Waals surface area contributed by atoms with E-state index in [4.69, 9.17) is 19.7 Å². The van der Waals surface area contributed by atoms with Gasteiger partial charge in [-0.3, -0.25) is 14.9 Å². The van der Waals surface area contributed by atoms with E-state index in [2.05, 4.69) is 5.32 Å². The summed E-state index contributed by atoms with van der Waals surface area (Å²) in [4.78, 5) is 52.6. The number of amides is 1. The van der Waals surface area contributed by atoms with Gasteiger partial charge in [-0.2, -0.15) is 0 Å². The molecular weight excluding hydrogens is 504 g/mol. The highest BCUT2D eigenvalue weighted by Crippen LogP contribution is 2.41. The second-order valence-corrected chi connectivity index (χ2v) is 9.86. The summed E-state index contributed by atoms with van der Waals surface area (Å²) in [5.74, 6) is -5.25. The van der Waals surface area contributed by atoms with E-state index in [-0.39, 0.29) is 25.4 Å². The van der Waals surface area contributed by atoms with Gasteiger partial charge in [0.2, 0.25) is 12.2 Å². The molecule has 38 heavy (non-hydrogen) atoms. The first-order valence-electron chi connectivity index (χ1n) is 15.0. The molecule has 2 heterocycles. The Kier molecular flexibility index (Phi) is 8.55. The molecule has 3 fully saturated rings. The van der Waals surface area contributed by atoms with Gasteiger partial charge in [-0.15, -0.1) is 0 Å². The second kappa shape index (κ2) is 13.2. The molecule has 0 spiro atoms. The highest BCUT2D eigenvalue weighted by Gasteiger charge is 2.52. The Balaban J connectivity index is 1.95. The van der Waals surface area contributed by atoms with Crippen LogP contribution in [0.5, 0.6) is 0 Å². The molecular formula is C25H40N2O11. The molecule has 216 valence electrons. The van der Waals surface area contributed by atoms with Crippen molar-refractivity contribution >= 4 is 23.8 Å². The third-order valence-electron chi connectivity index (χ3n) is 7.32. The molecule has 0 aromatic rings. The number of aliphatic hydroxyl groups is 3. The molecule has 1 amide bonds. The standard InChI is InChI=1S/C25H40N2O11/c1-4-8-14(23(34)36-5-2)26-12(3)21(31)27-15-10-7-6-9-13(15)11-16(27)24(35)38-25-19(30)17(28)18(29)20(37-25)22(32)33/h12-20,25-26,28-30H,4-11H2,1-3H3,(H,32,33)/t12-,13-,14-,15-,16-,17+,18+,19-,20+,25+/m0/s1/i3D3,12D. The quantitative estimate of drug-likeness (QED) is 0.216. The lowest BCUT2D eigenvalue weighted by atomic mass is 9.84. The Labute approximate surface area is 227 Å². The maximum atomic E-state index is 14.1. The monoisotopic (exact) mass is 548 g/mol. The molecule has 13 heteroatoms. The lowest BCUT2D eigenvalue weighted by Crippen LogP contribution is -2.61. The molecule has 10 atom stereocenters. The van der Waals surface area contributed by atoms with Crippen molar-refractivity contribution in [2.45, 2.75) is 120 Å². The highest BCUT2D eigenvalue weighted by molar-refractivity contribution is 5.89. The fourth-order valence-corrected chi connectivity index (χ4v) is 5.45. The number of fused-ring (bicyclic) bond motifs is 1. The minimum Gasteiger partial charge on any atom is -0.479 e. The number of carboxylic acid groups (broad SMARTS) is 1. The largest absolute Gasteiger partial charge is 0.479 e. The van der Waals surface area contributed by atoms with Gasteiger partial charge in [-0.1, -0.05) is 26.2 Å². The van der Waals surface area contributed by atoms with E-state index in [0.29, 0.717) is 25.7 Å². The minimum absolute atomic E-state index is 0.0131. The van der Waals surface area contributed by atoms with Crippen LogP contribution in [0.1, 0.15) is 71.1 Å². The van der Waals surface area contributed by atoms with Gasteiger partial charge in [-0.05, 0) is 45.4 Å². The van der Waals surface area contributed by atoms with Crippen molar-refractivity contribution in [2.24, 2.45) is 5.92 Å². The predicted octanol–water partition coefficient (Wildman–Crippen LogP) is -0.709. The number of aliphatic carboxylic acids is 1. The summed E-state index contributed by atoms with van der Waals surface area (Å²) in [5, 5.41) is 42.0. The minimum atomic E-state index is -3.30. The van der Waals surface area contributed by atoms with Gasteiger partial charge < -0.3 is 39.5 Å². The van der Waals surface area contributed by atoms with Gasteiger partial charge in [0, 0.05) is 10.2 Å². The van der Waals surface area contributed by atoms with Crippen LogP contribution in [0, 0.1) is 5.92 Å². The zero-order valence-electron chi connectivity index (χ0n) is 25.4. The van der Waals surface area contributed by atoms with E-state index >= 15 is 0 Å². The van der Waals surface area contributed by atoms with Crippen LogP contribution in [0.3, 0.4) is 0 Å². The lowest BCUT2D eigenvalue weighted by Gasteiger charge is -2.39. The third-order valence-corrected chi connectivity index (χ3v) is 7.32. The van der Waals surface area contributed by atoms with Gasteiger partial charge in [-0.25, -0.2) is 9.59 Å². The molecule has 0 aromatic heterocycles. The summed E-state index contributed by atoms with van der Waals surface area (Å²) in [6.45, 7) is -0.0383. The van der Waals surface area contributed by atoms with Crippen molar-refractivity contribution in [3.05, 3.63) is 0 Å². The third kappa shape index (κ3) is 6.45. The molecule has 0 bridgehead atoms. The van der Waals surface area contributed by atoms with Crippen LogP contribution < -0.4 is 5.32 Å². The van der Waals surface area contributed by atoms with Gasteiger partial charge in [0.25, 0.3) is 0 Å². The number of ether oxygens (including phenoxy) is 3. The number of aliphatic hydroxyl groups excluding tert-OH is 3. The lowest BCUT2D eigenvalue weighted by molar-refractivity contribution is -0.287. The maximum Gasteiger partial charge on any atom is 0.335 e. The van der Waals surface area contributed by atoms with Crippen molar-refractivity contribution in [3.63, 3.8) is 0 Å².